The molecule has 3 aromatic rings. The van der Waals surface area contributed by atoms with Gasteiger partial charge in [-0.25, -0.2) is 9.97 Å². The first kappa shape index (κ1) is 10.1. The SMILES string of the molecule is O=Cc1csc(-c2ccc3ccccc3n2)n1. The molecule has 0 unspecified atom stereocenters. The molecule has 0 N–H and O–H groups in total. The zero-order valence-corrected chi connectivity index (χ0v) is 9.65. The highest BCUT2D eigenvalue weighted by molar-refractivity contribution is 7.13. The molecular formula is C13H8N2OS. The standard InChI is InChI=1S/C13H8N2OS/c16-7-10-8-17-13(14-10)12-6-5-9-3-1-2-4-11(9)15-12/h1-8H. The van der Waals surface area contributed by atoms with Gasteiger partial charge < -0.3 is 0 Å². The number of hydrogen-bond acceptors (Lipinski definition) is 4. The Hall–Kier alpha value is -2.07. The van der Waals surface area contributed by atoms with Gasteiger partial charge in [0.1, 0.15) is 10.7 Å². The Balaban J connectivity index is 2.14. The lowest BCUT2D eigenvalue weighted by Gasteiger charge is -1.99. The van der Waals surface area contributed by atoms with Gasteiger partial charge in [0.15, 0.2) is 6.29 Å². The summed E-state index contributed by atoms with van der Waals surface area (Å²) in [6.45, 7) is 0. The highest BCUT2D eigenvalue weighted by Gasteiger charge is 2.06. The molecule has 3 rings (SSSR count). The summed E-state index contributed by atoms with van der Waals surface area (Å²) in [5, 5.41) is 3.61. The van der Waals surface area contributed by atoms with E-state index in [1.54, 1.807) is 5.38 Å². The highest BCUT2D eigenvalue weighted by atomic mass is 32.1. The van der Waals surface area contributed by atoms with Gasteiger partial charge in [-0.15, -0.1) is 11.3 Å². The molecule has 4 heteroatoms. The van der Waals surface area contributed by atoms with E-state index < -0.39 is 0 Å². The Morgan fingerprint density at radius 1 is 1.06 bits per heavy atom. The Morgan fingerprint density at radius 2 is 1.94 bits per heavy atom. The van der Waals surface area contributed by atoms with Gasteiger partial charge >= 0.3 is 0 Å². The molecule has 0 radical (unpaired) electrons. The van der Waals surface area contributed by atoms with Gasteiger partial charge in [0, 0.05) is 10.8 Å². The molecule has 2 aromatic heterocycles. The Labute approximate surface area is 102 Å². The highest BCUT2D eigenvalue weighted by Crippen LogP contribution is 2.23. The van der Waals surface area contributed by atoms with E-state index in [1.807, 2.05) is 36.4 Å². The van der Waals surface area contributed by atoms with Gasteiger partial charge in [0.2, 0.25) is 0 Å². The maximum atomic E-state index is 10.6. The number of hydrogen-bond donors (Lipinski definition) is 0. The van der Waals surface area contributed by atoms with Crippen LogP contribution in [0.5, 0.6) is 0 Å². The fraction of sp³-hybridized carbons (Fsp3) is 0. The molecule has 17 heavy (non-hydrogen) atoms. The lowest BCUT2D eigenvalue weighted by molar-refractivity contribution is 0.111. The number of carbonyl (C=O) groups is 1. The van der Waals surface area contributed by atoms with Crippen LogP contribution in [0.2, 0.25) is 0 Å². The number of fused-ring (bicyclic) bond motifs is 1. The molecule has 3 nitrogen and oxygen atoms in total. The predicted molar refractivity (Wildman–Crippen MR) is 68.2 cm³/mol. The zero-order chi connectivity index (χ0) is 11.7. The van der Waals surface area contributed by atoms with Gasteiger partial charge in [-0.3, -0.25) is 4.79 Å². The van der Waals surface area contributed by atoms with E-state index in [4.69, 9.17) is 0 Å². The van der Waals surface area contributed by atoms with Crippen LogP contribution in [0.25, 0.3) is 21.6 Å². The number of aromatic nitrogens is 2. The second kappa shape index (κ2) is 4.07. The van der Waals surface area contributed by atoms with Crippen LogP contribution in [0, 0.1) is 0 Å². The molecule has 82 valence electrons. The van der Waals surface area contributed by atoms with Crippen molar-refractivity contribution in [3.05, 3.63) is 47.5 Å². The fourth-order valence-corrected chi connectivity index (χ4v) is 2.38. The molecule has 0 saturated carbocycles. The van der Waals surface area contributed by atoms with E-state index in [-0.39, 0.29) is 0 Å². The summed E-state index contributed by atoms with van der Waals surface area (Å²) in [5.41, 5.74) is 2.20. The van der Waals surface area contributed by atoms with Crippen molar-refractivity contribution in [1.29, 1.82) is 0 Å². The van der Waals surface area contributed by atoms with Crippen molar-refractivity contribution >= 4 is 28.5 Å². The van der Waals surface area contributed by atoms with Gasteiger partial charge in [0.25, 0.3) is 0 Å². The summed E-state index contributed by atoms with van der Waals surface area (Å²) < 4.78 is 0. The molecule has 0 fully saturated rings. The smallest absolute Gasteiger partial charge is 0.169 e. The number of rotatable bonds is 2. The summed E-state index contributed by atoms with van der Waals surface area (Å²) in [6.07, 6.45) is 0.751. The lowest BCUT2D eigenvalue weighted by atomic mass is 10.2. The quantitative estimate of drug-likeness (QED) is 0.646. The van der Waals surface area contributed by atoms with E-state index in [1.165, 1.54) is 11.3 Å². The number of carbonyl (C=O) groups excluding carboxylic acids is 1. The first-order chi connectivity index (χ1) is 8.36. The topological polar surface area (TPSA) is 42.9 Å². The van der Waals surface area contributed by atoms with Crippen LogP contribution >= 0.6 is 11.3 Å². The van der Waals surface area contributed by atoms with Crippen molar-refractivity contribution in [3.8, 4) is 10.7 Å². The first-order valence-corrected chi connectivity index (χ1v) is 6.01. The predicted octanol–water partition coefficient (Wildman–Crippen LogP) is 3.17. The zero-order valence-electron chi connectivity index (χ0n) is 8.83. The third kappa shape index (κ3) is 1.83. The van der Waals surface area contributed by atoms with E-state index in [2.05, 4.69) is 9.97 Å². The number of benzene rings is 1. The number of pyridine rings is 1. The van der Waals surface area contributed by atoms with Crippen molar-refractivity contribution in [2.45, 2.75) is 0 Å². The lowest BCUT2D eigenvalue weighted by Crippen LogP contribution is -1.85. The second-order valence-corrected chi connectivity index (χ2v) is 4.44. The maximum Gasteiger partial charge on any atom is 0.169 e. The molecule has 1 aromatic carbocycles. The fourth-order valence-electron chi connectivity index (χ4n) is 1.64. The van der Waals surface area contributed by atoms with Crippen molar-refractivity contribution in [1.82, 2.24) is 9.97 Å². The molecular weight excluding hydrogens is 232 g/mol. The van der Waals surface area contributed by atoms with Crippen LogP contribution in [0.4, 0.5) is 0 Å². The number of thiazole rings is 1. The molecule has 0 aliphatic rings. The summed E-state index contributed by atoms with van der Waals surface area (Å²) in [7, 11) is 0. The van der Waals surface area contributed by atoms with E-state index in [0.29, 0.717) is 5.69 Å². The third-order valence-electron chi connectivity index (χ3n) is 2.46. The van der Waals surface area contributed by atoms with Crippen LogP contribution in [0.15, 0.2) is 41.8 Å². The van der Waals surface area contributed by atoms with Crippen LogP contribution in [-0.4, -0.2) is 16.3 Å². The molecule has 2 heterocycles. The molecule has 0 aliphatic heterocycles. The average Bonchev–Trinajstić information content (AvgIpc) is 2.87. The molecule has 0 spiro atoms. The summed E-state index contributed by atoms with van der Waals surface area (Å²) in [5.74, 6) is 0. The van der Waals surface area contributed by atoms with Gasteiger partial charge in [-0.2, -0.15) is 0 Å². The van der Waals surface area contributed by atoms with Gasteiger partial charge in [-0.1, -0.05) is 24.3 Å². The van der Waals surface area contributed by atoms with Crippen molar-refractivity contribution in [2.24, 2.45) is 0 Å². The van der Waals surface area contributed by atoms with Crippen LogP contribution in [0.1, 0.15) is 10.5 Å². The number of para-hydroxylation sites is 1. The van der Waals surface area contributed by atoms with E-state index in [0.717, 1.165) is 27.9 Å². The minimum absolute atomic E-state index is 0.458. The van der Waals surface area contributed by atoms with Crippen LogP contribution < -0.4 is 0 Å². The minimum Gasteiger partial charge on any atom is -0.296 e. The van der Waals surface area contributed by atoms with Crippen molar-refractivity contribution < 1.29 is 4.79 Å². The third-order valence-corrected chi connectivity index (χ3v) is 3.34. The first-order valence-electron chi connectivity index (χ1n) is 5.14. The van der Waals surface area contributed by atoms with E-state index >= 15 is 0 Å². The molecule has 0 atom stereocenters. The van der Waals surface area contributed by atoms with Crippen LogP contribution in [-0.2, 0) is 0 Å². The van der Waals surface area contributed by atoms with Gasteiger partial charge in [-0.05, 0) is 12.1 Å². The number of aldehydes is 1. The Morgan fingerprint density at radius 3 is 2.76 bits per heavy atom. The summed E-state index contributed by atoms with van der Waals surface area (Å²) >= 11 is 1.43. The Bertz CT molecular complexity index is 690. The summed E-state index contributed by atoms with van der Waals surface area (Å²) in [6, 6.07) is 11.9. The molecule has 0 aliphatic carbocycles. The second-order valence-electron chi connectivity index (χ2n) is 3.58. The van der Waals surface area contributed by atoms with Crippen molar-refractivity contribution in [2.75, 3.05) is 0 Å². The number of nitrogens with zero attached hydrogens (tertiary/aromatic N) is 2. The van der Waals surface area contributed by atoms with Gasteiger partial charge in [0.05, 0.1) is 11.2 Å². The monoisotopic (exact) mass is 240 g/mol. The Kier molecular flexibility index (Phi) is 2.42. The average molecular weight is 240 g/mol. The van der Waals surface area contributed by atoms with E-state index in [9.17, 15) is 4.79 Å². The minimum atomic E-state index is 0.458. The molecule has 0 bridgehead atoms. The largest absolute Gasteiger partial charge is 0.296 e. The summed E-state index contributed by atoms with van der Waals surface area (Å²) in [4.78, 5) is 19.3. The molecule has 0 amide bonds. The maximum absolute atomic E-state index is 10.6. The normalized spacial score (nSPS) is 10.6. The molecule has 0 saturated heterocycles. The van der Waals surface area contributed by atoms with Crippen molar-refractivity contribution in [3.63, 3.8) is 0 Å². The van der Waals surface area contributed by atoms with Crippen LogP contribution in [0.3, 0.4) is 0 Å².